The van der Waals surface area contributed by atoms with Crippen molar-refractivity contribution in [2.75, 3.05) is 11.5 Å². The molecule has 30 heavy (non-hydrogen) atoms. The van der Waals surface area contributed by atoms with Crippen molar-refractivity contribution in [3.63, 3.8) is 0 Å². The number of esters is 1. The fraction of sp³-hybridized carbons (Fsp3) is 0.227. The van der Waals surface area contributed by atoms with E-state index >= 15 is 0 Å². The van der Waals surface area contributed by atoms with E-state index < -0.39 is 17.4 Å². The lowest BCUT2D eigenvalue weighted by Crippen LogP contribution is -2.51. The Kier molecular flexibility index (Phi) is 5.24. The molecule has 0 radical (unpaired) electrons. The molecule has 2 aromatic rings. The largest absolute Gasteiger partial charge is 0.494 e. The number of anilines is 1. The van der Waals surface area contributed by atoms with Crippen molar-refractivity contribution in [3.05, 3.63) is 71.9 Å². The number of carbonyl (C=O) groups is 3. The zero-order valence-electron chi connectivity index (χ0n) is 16.4. The molecule has 2 aliphatic heterocycles. The minimum Gasteiger partial charge on any atom is -0.494 e. The third kappa shape index (κ3) is 3.65. The van der Waals surface area contributed by atoms with Crippen molar-refractivity contribution in [1.82, 2.24) is 10.9 Å². The van der Waals surface area contributed by atoms with Gasteiger partial charge in [0, 0.05) is 0 Å². The highest BCUT2D eigenvalue weighted by Crippen LogP contribution is 2.33. The highest BCUT2D eigenvalue weighted by molar-refractivity contribution is 6.25. The molecule has 2 amide bonds. The molecule has 1 saturated heterocycles. The van der Waals surface area contributed by atoms with Crippen LogP contribution < -0.4 is 20.5 Å². The van der Waals surface area contributed by atoms with Gasteiger partial charge < -0.3 is 14.9 Å². The maximum atomic E-state index is 13.1. The summed E-state index contributed by atoms with van der Waals surface area (Å²) in [5.74, 6) is -0.786. The molecule has 1 atom stereocenters. The maximum absolute atomic E-state index is 13.1. The van der Waals surface area contributed by atoms with Gasteiger partial charge in [0.05, 0.1) is 18.7 Å². The minimum absolute atomic E-state index is 0.0978. The summed E-state index contributed by atoms with van der Waals surface area (Å²) in [5, 5.41) is 0. The Bertz CT molecular complexity index is 1000. The van der Waals surface area contributed by atoms with Crippen molar-refractivity contribution in [1.29, 1.82) is 0 Å². The number of imide groups is 1. The topological polar surface area (TPSA) is 97.0 Å². The lowest BCUT2D eigenvalue weighted by molar-refractivity contribution is -0.140. The van der Waals surface area contributed by atoms with Crippen molar-refractivity contribution in [2.24, 2.45) is 0 Å². The van der Waals surface area contributed by atoms with Crippen LogP contribution in [0.25, 0.3) is 0 Å². The predicted molar refractivity (Wildman–Crippen MR) is 108 cm³/mol. The molecule has 154 valence electrons. The van der Waals surface area contributed by atoms with Crippen LogP contribution in [0.2, 0.25) is 0 Å². The van der Waals surface area contributed by atoms with Crippen LogP contribution in [-0.4, -0.2) is 29.9 Å². The lowest BCUT2D eigenvalue weighted by Gasteiger charge is -2.20. The zero-order chi connectivity index (χ0) is 21.1. The Hall–Kier alpha value is -3.65. The Labute approximate surface area is 173 Å². The second-order valence-corrected chi connectivity index (χ2v) is 6.98. The molecule has 2 aromatic carbocycles. The average molecular weight is 407 g/mol. The quantitative estimate of drug-likeness (QED) is 0.557. The third-order valence-electron chi connectivity index (χ3n) is 4.91. The molecule has 0 saturated carbocycles. The first kappa shape index (κ1) is 19.7. The van der Waals surface area contributed by atoms with Crippen molar-refractivity contribution >= 4 is 23.5 Å². The van der Waals surface area contributed by atoms with Gasteiger partial charge in [-0.25, -0.2) is 15.1 Å². The molecule has 2 N–H and O–H groups in total. The molecule has 2 aliphatic rings. The Morgan fingerprint density at radius 3 is 2.53 bits per heavy atom. The second-order valence-electron chi connectivity index (χ2n) is 6.98. The SMILES string of the molecule is CCOc1ccc(N2C(=O)CC3(C=C(C(=O)OCc4ccccc4)NN3)C2=O)cc1. The summed E-state index contributed by atoms with van der Waals surface area (Å²) in [6.45, 7) is 2.50. The normalized spacial score (nSPS) is 20.3. The third-order valence-corrected chi connectivity index (χ3v) is 4.91. The highest BCUT2D eigenvalue weighted by atomic mass is 16.5. The van der Waals surface area contributed by atoms with Gasteiger partial charge >= 0.3 is 5.97 Å². The monoisotopic (exact) mass is 407 g/mol. The van der Waals surface area contributed by atoms with Gasteiger partial charge in [-0.15, -0.1) is 0 Å². The standard InChI is InChI=1S/C22H21N3O5/c1-2-29-17-10-8-16(9-11-17)25-19(26)13-22(21(25)28)12-18(23-24-22)20(27)30-14-15-6-4-3-5-7-15/h3-12,23-24H,2,13-14H2,1H3. The first-order valence-corrected chi connectivity index (χ1v) is 9.60. The van der Waals surface area contributed by atoms with Crippen LogP contribution in [0, 0.1) is 0 Å². The fourth-order valence-corrected chi connectivity index (χ4v) is 3.44. The Morgan fingerprint density at radius 2 is 1.83 bits per heavy atom. The van der Waals surface area contributed by atoms with Crippen LogP contribution in [0.1, 0.15) is 18.9 Å². The number of carbonyl (C=O) groups excluding carboxylic acids is 3. The molecule has 4 rings (SSSR count). The summed E-state index contributed by atoms with van der Waals surface area (Å²) in [5.41, 5.74) is 5.55. The molecule has 0 bridgehead atoms. The predicted octanol–water partition coefficient (Wildman–Crippen LogP) is 1.82. The van der Waals surface area contributed by atoms with Gasteiger partial charge in [0.1, 0.15) is 23.6 Å². The van der Waals surface area contributed by atoms with Gasteiger partial charge in [0.2, 0.25) is 5.91 Å². The molecule has 0 aliphatic carbocycles. The second kappa shape index (κ2) is 8.00. The molecule has 8 nitrogen and oxygen atoms in total. The Morgan fingerprint density at radius 1 is 1.10 bits per heavy atom. The van der Waals surface area contributed by atoms with Crippen molar-refractivity contribution < 1.29 is 23.9 Å². The summed E-state index contributed by atoms with van der Waals surface area (Å²) in [4.78, 5) is 39.2. The van der Waals surface area contributed by atoms with E-state index in [1.807, 2.05) is 37.3 Å². The van der Waals surface area contributed by atoms with Crippen LogP contribution in [0.4, 0.5) is 5.69 Å². The summed E-state index contributed by atoms with van der Waals surface area (Å²) < 4.78 is 10.7. The summed E-state index contributed by atoms with van der Waals surface area (Å²) in [6, 6.07) is 16.0. The molecule has 1 fully saturated rings. The maximum Gasteiger partial charge on any atom is 0.355 e. The summed E-state index contributed by atoms with van der Waals surface area (Å²) in [6.07, 6.45) is 1.32. The van der Waals surface area contributed by atoms with Gasteiger partial charge in [0.25, 0.3) is 5.91 Å². The molecule has 1 unspecified atom stereocenters. The number of rotatable bonds is 6. The molecular formula is C22H21N3O5. The smallest absolute Gasteiger partial charge is 0.355 e. The van der Waals surface area contributed by atoms with Crippen LogP contribution in [-0.2, 0) is 25.7 Å². The Balaban J connectivity index is 1.48. The van der Waals surface area contributed by atoms with Crippen molar-refractivity contribution in [2.45, 2.75) is 25.5 Å². The number of nitrogens with one attached hydrogen (secondary N) is 2. The van der Waals surface area contributed by atoms with Crippen LogP contribution in [0.5, 0.6) is 5.75 Å². The molecule has 8 heteroatoms. The highest BCUT2D eigenvalue weighted by Gasteiger charge is 2.54. The number of benzene rings is 2. The van der Waals surface area contributed by atoms with Gasteiger partial charge in [-0.3, -0.25) is 9.59 Å². The number of nitrogens with zero attached hydrogens (tertiary/aromatic N) is 1. The van der Waals surface area contributed by atoms with Gasteiger partial charge in [-0.1, -0.05) is 30.3 Å². The van der Waals surface area contributed by atoms with Gasteiger partial charge in [0.15, 0.2) is 0 Å². The number of hydrazine groups is 1. The van der Waals surface area contributed by atoms with E-state index in [1.54, 1.807) is 24.3 Å². The minimum atomic E-state index is -1.32. The summed E-state index contributed by atoms with van der Waals surface area (Å²) in [7, 11) is 0. The summed E-state index contributed by atoms with van der Waals surface area (Å²) >= 11 is 0. The fourth-order valence-electron chi connectivity index (χ4n) is 3.44. The van der Waals surface area contributed by atoms with Crippen molar-refractivity contribution in [3.8, 4) is 5.75 Å². The van der Waals surface area contributed by atoms with Crippen LogP contribution >= 0.6 is 0 Å². The van der Waals surface area contributed by atoms with E-state index in [9.17, 15) is 14.4 Å². The molecular weight excluding hydrogens is 386 g/mol. The zero-order valence-corrected chi connectivity index (χ0v) is 16.4. The molecule has 1 spiro atoms. The first-order valence-electron chi connectivity index (χ1n) is 9.60. The van der Waals surface area contributed by atoms with E-state index in [0.717, 1.165) is 10.5 Å². The number of hydrogen-bond donors (Lipinski definition) is 2. The van der Waals surface area contributed by atoms with Crippen LogP contribution in [0.15, 0.2) is 66.4 Å². The number of ether oxygens (including phenoxy) is 2. The van der Waals surface area contributed by atoms with Crippen LogP contribution in [0.3, 0.4) is 0 Å². The first-order chi connectivity index (χ1) is 14.5. The van der Waals surface area contributed by atoms with E-state index in [-0.39, 0.29) is 24.6 Å². The molecule has 0 aromatic heterocycles. The number of hydrogen-bond acceptors (Lipinski definition) is 7. The van der Waals surface area contributed by atoms with E-state index in [1.165, 1.54) is 6.08 Å². The average Bonchev–Trinajstić information content (AvgIpc) is 3.29. The number of amides is 2. The van der Waals surface area contributed by atoms with E-state index in [0.29, 0.717) is 18.0 Å². The van der Waals surface area contributed by atoms with Gasteiger partial charge in [-0.05, 0) is 42.8 Å². The lowest BCUT2D eigenvalue weighted by atomic mass is 9.98. The van der Waals surface area contributed by atoms with E-state index in [4.69, 9.17) is 9.47 Å². The molecule has 2 heterocycles. The van der Waals surface area contributed by atoms with E-state index in [2.05, 4.69) is 10.9 Å². The van der Waals surface area contributed by atoms with Gasteiger partial charge in [-0.2, -0.15) is 0 Å².